The Hall–Kier alpha value is -3.21. The molecule has 0 aliphatic heterocycles. The van der Waals surface area contributed by atoms with E-state index in [-0.39, 0.29) is 0 Å². The largest absolute Gasteiger partial charge is 0.360 e. The van der Waals surface area contributed by atoms with Gasteiger partial charge in [0.15, 0.2) is 0 Å². The van der Waals surface area contributed by atoms with Crippen LogP contribution in [-0.4, -0.2) is 25.1 Å². The van der Waals surface area contributed by atoms with Crippen LogP contribution in [0.4, 0.5) is 0 Å². The first-order valence-electron chi connectivity index (χ1n) is 9.09. The lowest BCUT2D eigenvalue weighted by Crippen LogP contribution is -2.07. The summed E-state index contributed by atoms with van der Waals surface area (Å²) in [6.45, 7) is 0. The summed E-state index contributed by atoms with van der Waals surface area (Å²) in [7, 11) is 0. The molecule has 0 unspecified atom stereocenters. The van der Waals surface area contributed by atoms with Crippen LogP contribution in [-0.2, 0) is 12.8 Å². The summed E-state index contributed by atoms with van der Waals surface area (Å²) in [5.74, 6) is 0. The number of aromatic amines is 2. The van der Waals surface area contributed by atoms with Gasteiger partial charge in [-0.2, -0.15) is 5.10 Å². The number of pyridine rings is 2. The molecule has 1 aromatic carbocycles. The van der Waals surface area contributed by atoms with Gasteiger partial charge in [0.05, 0.1) is 22.9 Å². The highest BCUT2D eigenvalue weighted by Gasteiger charge is 2.22. The number of nitrogens with one attached hydrogen (secondary N) is 2. The lowest BCUT2D eigenvalue weighted by atomic mass is 9.85. The van der Waals surface area contributed by atoms with E-state index in [2.05, 4.69) is 38.5 Å². The van der Waals surface area contributed by atoms with Crippen molar-refractivity contribution >= 4 is 32.7 Å². The number of nitrogens with zero attached hydrogens (tertiary/aromatic N) is 3. The first-order valence-corrected chi connectivity index (χ1v) is 9.09. The molecule has 126 valence electrons. The quantitative estimate of drug-likeness (QED) is 0.471. The van der Waals surface area contributed by atoms with E-state index in [9.17, 15) is 0 Å². The molecular formula is C21H17N5. The average molecular weight is 339 g/mol. The standard InChI is InChI=1S/C21H17N5/c1-2-4-13-12(3-1)20-16-11-24-26-18(16)5-6-19(20)25-21(13)15-10-23-17-7-8-22-9-14(15)17/h5-11,23H,1-4H2,(H,24,26). The first-order chi connectivity index (χ1) is 12.9. The van der Waals surface area contributed by atoms with E-state index in [4.69, 9.17) is 4.98 Å². The van der Waals surface area contributed by atoms with E-state index < -0.39 is 0 Å². The molecule has 1 aliphatic carbocycles. The molecule has 4 aromatic heterocycles. The highest BCUT2D eigenvalue weighted by atomic mass is 15.1. The Morgan fingerprint density at radius 1 is 0.885 bits per heavy atom. The summed E-state index contributed by atoms with van der Waals surface area (Å²) in [5, 5.41) is 10.9. The van der Waals surface area contributed by atoms with Crippen LogP contribution < -0.4 is 0 Å². The van der Waals surface area contributed by atoms with Crippen molar-refractivity contribution in [3.63, 3.8) is 0 Å². The third-order valence-corrected chi connectivity index (χ3v) is 5.63. The van der Waals surface area contributed by atoms with Crippen LogP contribution in [0.3, 0.4) is 0 Å². The van der Waals surface area contributed by atoms with Crippen molar-refractivity contribution in [3.8, 4) is 11.3 Å². The Labute approximate surface area is 149 Å². The van der Waals surface area contributed by atoms with E-state index in [1.165, 1.54) is 34.7 Å². The van der Waals surface area contributed by atoms with Crippen LogP contribution >= 0.6 is 0 Å². The average Bonchev–Trinajstić information content (AvgIpc) is 3.34. The first kappa shape index (κ1) is 14.0. The Bertz CT molecular complexity index is 1290. The van der Waals surface area contributed by atoms with Gasteiger partial charge in [-0.15, -0.1) is 0 Å². The Morgan fingerprint density at radius 2 is 1.81 bits per heavy atom. The number of rotatable bonds is 1. The molecule has 0 saturated heterocycles. The van der Waals surface area contributed by atoms with Gasteiger partial charge >= 0.3 is 0 Å². The molecule has 2 N–H and O–H groups in total. The van der Waals surface area contributed by atoms with Gasteiger partial charge in [-0.05, 0) is 55.0 Å². The second kappa shape index (κ2) is 5.14. The SMILES string of the molecule is c1cc2[nH]cc(-c3nc4ccc5[nH]ncc5c4c4c3CCCC4)c2cn1. The highest BCUT2D eigenvalue weighted by Crippen LogP contribution is 2.39. The Morgan fingerprint density at radius 3 is 2.77 bits per heavy atom. The molecule has 0 saturated carbocycles. The van der Waals surface area contributed by atoms with Crippen molar-refractivity contribution in [2.45, 2.75) is 25.7 Å². The van der Waals surface area contributed by atoms with Crippen LogP contribution in [0.15, 0.2) is 43.0 Å². The van der Waals surface area contributed by atoms with E-state index in [0.717, 1.165) is 46.0 Å². The number of benzene rings is 1. The zero-order valence-corrected chi connectivity index (χ0v) is 14.2. The molecule has 5 heteroatoms. The molecule has 0 fully saturated rings. The highest BCUT2D eigenvalue weighted by molar-refractivity contribution is 6.08. The van der Waals surface area contributed by atoms with Crippen molar-refractivity contribution in [1.82, 2.24) is 25.1 Å². The van der Waals surface area contributed by atoms with Gasteiger partial charge in [-0.3, -0.25) is 10.1 Å². The van der Waals surface area contributed by atoms with Crippen molar-refractivity contribution in [1.29, 1.82) is 0 Å². The zero-order chi connectivity index (χ0) is 17.1. The summed E-state index contributed by atoms with van der Waals surface area (Å²) < 4.78 is 0. The molecule has 0 atom stereocenters. The summed E-state index contributed by atoms with van der Waals surface area (Å²) in [6.07, 6.45) is 12.4. The summed E-state index contributed by atoms with van der Waals surface area (Å²) >= 11 is 0. The molecule has 0 radical (unpaired) electrons. The number of aromatic nitrogens is 5. The van der Waals surface area contributed by atoms with E-state index in [1.54, 1.807) is 0 Å². The molecule has 0 amide bonds. The zero-order valence-electron chi connectivity index (χ0n) is 14.2. The number of hydrogen-bond acceptors (Lipinski definition) is 3. The fraction of sp³-hybridized carbons (Fsp3) is 0.190. The fourth-order valence-corrected chi connectivity index (χ4v) is 4.43. The van der Waals surface area contributed by atoms with E-state index in [1.807, 2.05) is 24.7 Å². The van der Waals surface area contributed by atoms with Gasteiger partial charge < -0.3 is 4.98 Å². The van der Waals surface area contributed by atoms with Crippen molar-refractivity contribution in [2.75, 3.05) is 0 Å². The van der Waals surface area contributed by atoms with Gasteiger partial charge in [0.1, 0.15) is 0 Å². The van der Waals surface area contributed by atoms with Gasteiger partial charge in [-0.1, -0.05) is 0 Å². The maximum Gasteiger partial charge on any atom is 0.0766 e. The lowest BCUT2D eigenvalue weighted by Gasteiger charge is -2.21. The predicted octanol–water partition coefficient (Wildman–Crippen LogP) is 4.53. The van der Waals surface area contributed by atoms with Gasteiger partial charge in [0, 0.05) is 45.8 Å². The minimum Gasteiger partial charge on any atom is -0.360 e. The Balaban J connectivity index is 1.75. The summed E-state index contributed by atoms with van der Waals surface area (Å²) in [6, 6.07) is 6.20. The Kier molecular flexibility index (Phi) is 2.77. The minimum atomic E-state index is 1.05. The summed E-state index contributed by atoms with van der Waals surface area (Å²) in [4.78, 5) is 12.8. The molecule has 4 heterocycles. The topological polar surface area (TPSA) is 70.2 Å². The maximum absolute atomic E-state index is 5.12. The molecule has 5 aromatic rings. The number of H-pyrrole nitrogens is 2. The minimum absolute atomic E-state index is 1.05. The molecule has 0 spiro atoms. The smallest absolute Gasteiger partial charge is 0.0766 e. The maximum atomic E-state index is 5.12. The van der Waals surface area contributed by atoms with Crippen LogP contribution in [0.2, 0.25) is 0 Å². The molecule has 5 nitrogen and oxygen atoms in total. The van der Waals surface area contributed by atoms with Crippen LogP contribution in [0, 0.1) is 0 Å². The molecule has 1 aliphatic rings. The molecule has 6 rings (SSSR count). The van der Waals surface area contributed by atoms with Crippen molar-refractivity contribution < 1.29 is 0 Å². The second-order valence-electron chi connectivity index (χ2n) is 7.04. The number of fused-ring (bicyclic) bond motifs is 6. The normalized spacial score (nSPS) is 14.3. The van der Waals surface area contributed by atoms with Crippen LogP contribution in [0.1, 0.15) is 24.0 Å². The predicted molar refractivity (Wildman–Crippen MR) is 103 cm³/mol. The van der Waals surface area contributed by atoms with E-state index in [0.29, 0.717) is 0 Å². The van der Waals surface area contributed by atoms with E-state index >= 15 is 0 Å². The van der Waals surface area contributed by atoms with Gasteiger partial charge in [0.25, 0.3) is 0 Å². The molecular weight excluding hydrogens is 322 g/mol. The third kappa shape index (κ3) is 1.83. The lowest BCUT2D eigenvalue weighted by molar-refractivity contribution is 0.689. The third-order valence-electron chi connectivity index (χ3n) is 5.63. The number of hydrogen-bond donors (Lipinski definition) is 2. The van der Waals surface area contributed by atoms with Crippen molar-refractivity contribution in [2.24, 2.45) is 0 Å². The van der Waals surface area contributed by atoms with Gasteiger partial charge in [0.2, 0.25) is 0 Å². The molecule has 0 bridgehead atoms. The van der Waals surface area contributed by atoms with Crippen LogP contribution in [0.25, 0.3) is 44.0 Å². The van der Waals surface area contributed by atoms with Gasteiger partial charge in [-0.25, -0.2) is 4.98 Å². The molecule has 26 heavy (non-hydrogen) atoms. The van der Waals surface area contributed by atoms with Crippen LogP contribution in [0.5, 0.6) is 0 Å². The second-order valence-corrected chi connectivity index (χ2v) is 7.04. The van der Waals surface area contributed by atoms with Crippen molar-refractivity contribution in [3.05, 3.63) is 54.1 Å². The number of aryl methyl sites for hydroxylation is 1. The monoisotopic (exact) mass is 339 g/mol. The fourth-order valence-electron chi connectivity index (χ4n) is 4.43. The summed E-state index contributed by atoms with van der Waals surface area (Å²) in [5.41, 5.74) is 8.33.